The average molecular weight is 282 g/mol. The summed E-state index contributed by atoms with van der Waals surface area (Å²) in [4.78, 5) is 18.8. The van der Waals surface area contributed by atoms with E-state index in [1.165, 1.54) is 0 Å². The largest absolute Gasteiger partial charge is 0.490 e. The number of hydrogen-bond donors (Lipinski definition) is 0. The van der Waals surface area contributed by atoms with E-state index in [4.69, 9.17) is 9.47 Å². The second-order valence-corrected chi connectivity index (χ2v) is 5.30. The molecule has 1 aromatic carbocycles. The molecule has 0 aliphatic carbocycles. The second kappa shape index (κ2) is 3.97. The van der Waals surface area contributed by atoms with E-state index >= 15 is 0 Å². The Kier molecular flexibility index (Phi) is 2.31. The van der Waals surface area contributed by atoms with Gasteiger partial charge >= 0.3 is 0 Å². The third-order valence-electron chi connectivity index (χ3n) is 4.35. The number of carbonyl (C=O) groups excluding carboxylic acids is 1. The Labute approximate surface area is 122 Å². The van der Waals surface area contributed by atoms with Crippen molar-refractivity contribution in [3.05, 3.63) is 47.7 Å². The van der Waals surface area contributed by atoms with E-state index in [0.717, 1.165) is 16.8 Å². The number of pyridine rings is 1. The fourth-order valence-corrected chi connectivity index (χ4v) is 3.29. The summed E-state index contributed by atoms with van der Waals surface area (Å²) < 4.78 is 10.9. The second-order valence-electron chi connectivity index (χ2n) is 5.30. The van der Waals surface area contributed by atoms with Crippen LogP contribution in [0, 0.1) is 0 Å². The zero-order valence-electron chi connectivity index (χ0n) is 11.8. The lowest BCUT2D eigenvalue weighted by molar-refractivity contribution is -0.121. The fourth-order valence-electron chi connectivity index (χ4n) is 3.29. The third-order valence-corrected chi connectivity index (χ3v) is 4.35. The van der Waals surface area contributed by atoms with Gasteiger partial charge in [-0.05, 0) is 11.6 Å². The zero-order valence-corrected chi connectivity index (χ0v) is 11.8. The summed E-state index contributed by atoms with van der Waals surface area (Å²) in [7, 11) is 3.36. The number of likely N-dealkylation sites (N-methyl/N-ethyl adjacent to an activating group) is 1. The van der Waals surface area contributed by atoms with Gasteiger partial charge in [0.1, 0.15) is 17.8 Å². The molecule has 0 fully saturated rings. The Hall–Kier alpha value is -2.56. The summed E-state index contributed by atoms with van der Waals surface area (Å²) in [5, 5.41) is 0. The van der Waals surface area contributed by atoms with Crippen molar-refractivity contribution in [2.24, 2.45) is 0 Å². The number of anilines is 1. The molecule has 21 heavy (non-hydrogen) atoms. The van der Waals surface area contributed by atoms with Crippen LogP contribution in [0.25, 0.3) is 0 Å². The Bertz CT molecular complexity index is 759. The van der Waals surface area contributed by atoms with E-state index in [0.29, 0.717) is 18.2 Å². The molecule has 0 radical (unpaired) electrons. The summed E-state index contributed by atoms with van der Waals surface area (Å²) in [6, 6.07) is 9.63. The van der Waals surface area contributed by atoms with Gasteiger partial charge in [0.15, 0.2) is 0 Å². The number of fused-ring (bicyclic) bond motifs is 4. The summed E-state index contributed by atoms with van der Waals surface area (Å²) >= 11 is 0. The van der Waals surface area contributed by atoms with E-state index in [9.17, 15) is 4.79 Å². The number of ether oxygens (including phenoxy) is 2. The number of aromatic nitrogens is 1. The van der Waals surface area contributed by atoms with Gasteiger partial charge in [-0.3, -0.25) is 4.79 Å². The molecule has 5 nitrogen and oxygen atoms in total. The molecule has 2 aromatic rings. The lowest BCUT2D eigenvalue weighted by Crippen LogP contribution is -2.40. The molecule has 0 bridgehead atoms. The molecule has 4 rings (SSSR count). The molecule has 1 atom stereocenters. The first-order valence-corrected chi connectivity index (χ1v) is 6.73. The maximum absolute atomic E-state index is 12.9. The zero-order chi connectivity index (χ0) is 14.6. The SMILES string of the molecule is COc1cc2c(cn1)OCC21C(=O)N(C)c2ccccc21. The highest BCUT2D eigenvalue weighted by atomic mass is 16.5. The van der Waals surface area contributed by atoms with Crippen LogP contribution in [0.2, 0.25) is 0 Å². The van der Waals surface area contributed by atoms with Crippen molar-refractivity contribution in [2.75, 3.05) is 25.7 Å². The molecule has 2 aliphatic rings. The molecular formula is C16H14N2O3. The summed E-state index contributed by atoms with van der Waals surface area (Å²) in [6.45, 7) is 0.303. The molecule has 0 saturated carbocycles. The minimum absolute atomic E-state index is 0.0238. The predicted octanol–water partition coefficient (Wildman–Crippen LogP) is 1.75. The van der Waals surface area contributed by atoms with Gasteiger partial charge in [0, 0.05) is 24.4 Å². The maximum Gasteiger partial charge on any atom is 0.245 e. The molecule has 106 valence electrons. The third kappa shape index (κ3) is 1.35. The summed E-state index contributed by atoms with van der Waals surface area (Å²) in [6.07, 6.45) is 1.62. The van der Waals surface area contributed by atoms with Crippen LogP contribution in [0.5, 0.6) is 11.6 Å². The molecule has 1 unspecified atom stereocenters. The first-order chi connectivity index (χ1) is 10.2. The van der Waals surface area contributed by atoms with Crippen molar-refractivity contribution in [3.8, 4) is 11.6 Å². The molecule has 1 aromatic heterocycles. The fraction of sp³-hybridized carbons (Fsp3) is 0.250. The number of benzene rings is 1. The van der Waals surface area contributed by atoms with Crippen molar-refractivity contribution in [3.63, 3.8) is 0 Å². The quantitative estimate of drug-likeness (QED) is 0.799. The van der Waals surface area contributed by atoms with Gasteiger partial charge in [-0.25, -0.2) is 4.98 Å². The van der Waals surface area contributed by atoms with Crippen LogP contribution < -0.4 is 14.4 Å². The number of amides is 1. The number of methoxy groups -OCH3 is 1. The molecule has 0 N–H and O–H groups in total. The lowest BCUT2D eigenvalue weighted by Gasteiger charge is -2.21. The van der Waals surface area contributed by atoms with Crippen molar-refractivity contribution >= 4 is 11.6 Å². The van der Waals surface area contributed by atoms with Crippen molar-refractivity contribution in [1.29, 1.82) is 0 Å². The highest BCUT2D eigenvalue weighted by Crippen LogP contribution is 2.51. The van der Waals surface area contributed by atoms with Crippen LogP contribution in [-0.4, -0.2) is 31.7 Å². The van der Waals surface area contributed by atoms with E-state index < -0.39 is 5.41 Å². The van der Waals surface area contributed by atoms with Crippen LogP contribution in [0.3, 0.4) is 0 Å². The normalized spacial score (nSPS) is 22.2. The monoisotopic (exact) mass is 282 g/mol. The van der Waals surface area contributed by atoms with E-state index in [2.05, 4.69) is 4.98 Å². The number of hydrogen-bond acceptors (Lipinski definition) is 4. The van der Waals surface area contributed by atoms with Gasteiger partial charge in [0.05, 0.1) is 13.3 Å². The van der Waals surface area contributed by atoms with Crippen molar-refractivity contribution in [2.45, 2.75) is 5.41 Å². The Balaban J connectivity index is 2.01. The topological polar surface area (TPSA) is 51.7 Å². The summed E-state index contributed by atoms with van der Waals surface area (Å²) in [5.74, 6) is 1.16. The standard InChI is InChI=1S/C16H14N2O3/c1-18-12-6-4-3-5-10(12)16(15(18)19)9-21-13-8-17-14(20-2)7-11(13)16/h3-8H,9H2,1-2H3. The maximum atomic E-state index is 12.9. The average Bonchev–Trinajstić information content (AvgIpc) is 3.01. The van der Waals surface area contributed by atoms with Gasteiger partial charge < -0.3 is 14.4 Å². The van der Waals surface area contributed by atoms with Crippen LogP contribution in [0.15, 0.2) is 36.5 Å². The van der Waals surface area contributed by atoms with Gasteiger partial charge in [0.2, 0.25) is 11.8 Å². The number of nitrogens with zero attached hydrogens (tertiary/aromatic N) is 2. The molecule has 1 amide bonds. The molecule has 2 aliphatic heterocycles. The van der Waals surface area contributed by atoms with E-state index in [-0.39, 0.29) is 5.91 Å². The number of rotatable bonds is 1. The molecular weight excluding hydrogens is 268 g/mol. The molecule has 5 heteroatoms. The van der Waals surface area contributed by atoms with Gasteiger partial charge in [0.25, 0.3) is 0 Å². The van der Waals surface area contributed by atoms with Crippen LogP contribution in [0.4, 0.5) is 5.69 Å². The van der Waals surface area contributed by atoms with E-state index in [1.54, 1.807) is 31.3 Å². The van der Waals surface area contributed by atoms with Crippen molar-refractivity contribution < 1.29 is 14.3 Å². The predicted molar refractivity (Wildman–Crippen MR) is 76.9 cm³/mol. The first kappa shape index (κ1) is 12.2. The van der Waals surface area contributed by atoms with Crippen LogP contribution >= 0.6 is 0 Å². The van der Waals surface area contributed by atoms with Crippen molar-refractivity contribution in [1.82, 2.24) is 4.98 Å². The summed E-state index contributed by atoms with van der Waals surface area (Å²) in [5.41, 5.74) is 1.95. The molecule has 0 saturated heterocycles. The highest BCUT2D eigenvalue weighted by molar-refractivity contribution is 6.11. The molecule has 1 spiro atoms. The Morgan fingerprint density at radius 2 is 2.14 bits per heavy atom. The number of carbonyl (C=O) groups is 1. The highest BCUT2D eigenvalue weighted by Gasteiger charge is 2.56. The smallest absolute Gasteiger partial charge is 0.245 e. The van der Waals surface area contributed by atoms with Crippen LogP contribution in [-0.2, 0) is 10.2 Å². The number of para-hydroxylation sites is 1. The van der Waals surface area contributed by atoms with E-state index in [1.807, 2.05) is 24.3 Å². The lowest BCUT2D eigenvalue weighted by atomic mass is 9.77. The van der Waals surface area contributed by atoms with Gasteiger partial charge in [-0.15, -0.1) is 0 Å². The first-order valence-electron chi connectivity index (χ1n) is 6.73. The minimum Gasteiger partial charge on any atom is -0.490 e. The Morgan fingerprint density at radius 3 is 2.95 bits per heavy atom. The minimum atomic E-state index is -0.781. The Morgan fingerprint density at radius 1 is 1.33 bits per heavy atom. The molecule has 3 heterocycles. The van der Waals surface area contributed by atoms with Gasteiger partial charge in [-0.1, -0.05) is 18.2 Å². The van der Waals surface area contributed by atoms with Gasteiger partial charge in [-0.2, -0.15) is 0 Å². The van der Waals surface area contributed by atoms with Crippen LogP contribution in [0.1, 0.15) is 11.1 Å².